The molecular weight excluding hydrogens is 286 g/mol. The third kappa shape index (κ3) is 5.07. The minimum absolute atomic E-state index is 0.0479. The molecule has 0 heterocycles. The molecule has 0 bridgehead atoms. The number of hydrogen-bond acceptors (Lipinski definition) is 4. The molecule has 7 heteroatoms. The van der Waals surface area contributed by atoms with E-state index >= 15 is 0 Å². The zero-order valence-corrected chi connectivity index (χ0v) is 11.7. The highest BCUT2D eigenvalue weighted by molar-refractivity contribution is 6.30. The van der Waals surface area contributed by atoms with Crippen LogP contribution in [-0.2, 0) is 16.0 Å². The fourth-order valence-electron chi connectivity index (χ4n) is 1.59. The van der Waals surface area contributed by atoms with Gasteiger partial charge in [-0.25, -0.2) is 4.79 Å². The van der Waals surface area contributed by atoms with E-state index in [1.807, 2.05) is 0 Å². The summed E-state index contributed by atoms with van der Waals surface area (Å²) in [7, 11) is 1.49. The van der Waals surface area contributed by atoms with Crippen molar-refractivity contribution >= 4 is 23.5 Å². The van der Waals surface area contributed by atoms with Gasteiger partial charge in [-0.1, -0.05) is 11.6 Å². The van der Waals surface area contributed by atoms with Crippen molar-refractivity contribution in [2.45, 2.75) is 18.9 Å². The predicted octanol–water partition coefficient (Wildman–Crippen LogP) is 0.843. The van der Waals surface area contributed by atoms with Crippen LogP contribution in [0.25, 0.3) is 0 Å². The van der Waals surface area contributed by atoms with Crippen LogP contribution in [0.3, 0.4) is 0 Å². The molecule has 1 rings (SSSR count). The molecule has 0 aliphatic rings. The molecule has 0 aliphatic carbocycles. The quantitative estimate of drug-likeness (QED) is 0.693. The number of carboxylic acid groups (broad SMARTS) is 1. The van der Waals surface area contributed by atoms with Crippen molar-refractivity contribution in [3.8, 4) is 5.75 Å². The maximum absolute atomic E-state index is 11.7. The molecule has 1 atom stereocenters. The number of aliphatic carboxylic acids is 1. The lowest BCUT2D eigenvalue weighted by Gasteiger charge is -2.10. The standard InChI is InChI=1S/C13H16ClNO5/c1-20-11-3-2-9(14)6-8(11)7-12(17)15-5-4-10(16)13(18)19/h2-3,6,10,16H,4-5,7H2,1H3,(H,15,17)(H,18,19). The van der Waals surface area contributed by atoms with E-state index in [0.717, 1.165) is 0 Å². The Labute approximate surface area is 121 Å². The molecule has 0 radical (unpaired) electrons. The van der Waals surface area contributed by atoms with Crippen molar-refractivity contribution in [2.24, 2.45) is 0 Å². The fraction of sp³-hybridized carbons (Fsp3) is 0.385. The summed E-state index contributed by atoms with van der Waals surface area (Å²) < 4.78 is 5.12. The van der Waals surface area contributed by atoms with E-state index in [4.69, 9.17) is 26.6 Å². The van der Waals surface area contributed by atoms with Crippen LogP contribution >= 0.6 is 11.6 Å². The first kappa shape index (κ1) is 16.3. The molecule has 1 aromatic rings. The van der Waals surface area contributed by atoms with Gasteiger partial charge in [0.15, 0.2) is 6.10 Å². The van der Waals surface area contributed by atoms with E-state index in [1.54, 1.807) is 18.2 Å². The molecule has 0 saturated heterocycles. The van der Waals surface area contributed by atoms with Crippen LogP contribution in [0.4, 0.5) is 0 Å². The predicted molar refractivity (Wildman–Crippen MR) is 73.0 cm³/mol. The van der Waals surface area contributed by atoms with E-state index < -0.39 is 12.1 Å². The van der Waals surface area contributed by atoms with Crippen LogP contribution in [-0.4, -0.2) is 41.8 Å². The molecular formula is C13H16ClNO5. The highest BCUT2D eigenvalue weighted by atomic mass is 35.5. The number of carbonyl (C=O) groups is 2. The van der Waals surface area contributed by atoms with Gasteiger partial charge in [-0.15, -0.1) is 0 Å². The number of ether oxygens (including phenoxy) is 1. The average molecular weight is 302 g/mol. The van der Waals surface area contributed by atoms with Crippen molar-refractivity contribution in [1.82, 2.24) is 5.32 Å². The molecule has 0 saturated carbocycles. The zero-order valence-electron chi connectivity index (χ0n) is 10.9. The number of carboxylic acids is 1. The lowest BCUT2D eigenvalue weighted by Crippen LogP contribution is -2.31. The number of aliphatic hydroxyl groups excluding tert-OH is 1. The maximum atomic E-state index is 11.7. The summed E-state index contributed by atoms with van der Waals surface area (Å²) in [5, 5.41) is 20.6. The second kappa shape index (κ2) is 7.72. The Hall–Kier alpha value is -1.79. The molecule has 0 aliphatic heterocycles. The summed E-state index contributed by atoms with van der Waals surface area (Å²) in [6.45, 7) is 0.0786. The Kier molecular flexibility index (Phi) is 6.27. The monoisotopic (exact) mass is 301 g/mol. The molecule has 110 valence electrons. The number of rotatable bonds is 7. The Balaban J connectivity index is 2.50. The molecule has 6 nitrogen and oxygen atoms in total. The molecule has 0 spiro atoms. The van der Waals surface area contributed by atoms with Crippen LogP contribution < -0.4 is 10.1 Å². The van der Waals surface area contributed by atoms with Gasteiger partial charge in [-0.05, 0) is 18.2 Å². The van der Waals surface area contributed by atoms with Gasteiger partial charge in [0.2, 0.25) is 5.91 Å². The van der Waals surface area contributed by atoms with Gasteiger partial charge < -0.3 is 20.3 Å². The van der Waals surface area contributed by atoms with Gasteiger partial charge in [-0.3, -0.25) is 4.79 Å². The minimum atomic E-state index is -1.48. The lowest BCUT2D eigenvalue weighted by atomic mass is 10.1. The van der Waals surface area contributed by atoms with E-state index in [-0.39, 0.29) is 25.3 Å². The second-order valence-electron chi connectivity index (χ2n) is 4.13. The smallest absolute Gasteiger partial charge is 0.332 e. The maximum Gasteiger partial charge on any atom is 0.332 e. The van der Waals surface area contributed by atoms with Crippen molar-refractivity contribution in [3.05, 3.63) is 28.8 Å². The SMILES string of the molecule is COc1ccc(Cl)cc1CC(=O)NCCC(O)C(=O)O. The van der Waals surface area contributed by atoms with Crippen LogP contribution in [0.2, 0.25) is 5.02 Å². The van der Waals surface area contributed by atoms with E-state index in [1.165, 1.54) is 7.11 Å². The topological polar surface area (TPSA) is 95.9 Å². The number of hydrogen-bond donors (Lipinski definition) is 3. The molecule has 0 aromatic heterocycles. The van der Waals surface area contributed by atoms with Gasteiger partial charge in [0.25, 0.3) is 0 Å². The number of amides is 1. The van der Waals surface area contributed by atoms with E-state index in [9.17, 15) is 9.59 Å². The number of aliphatic hydroxyl groups is 1. The highest BCUT2D eigenvalue weighted by Crippen LogP contribution is 2.22. The van der Waals surface area contributed by atoms with Crippen molar-refractivity contribution in [2.75, 3.05) is 13.7 Å². The fourth-order valence-corrected chi connectivity index (χ4v) is 1.79. The minimum Gasteiger partial charge on any atom is -0.496 e. The van der Waals surface area contributed by atoms with Crippen molar-refractivity contribution in [3.63, 3.8) is 0 Å². The zero-order chi connectivity index (χ0) is 15.1. The van der Waals surface area contributed by atoms with Gasteiger partial charge in [0.1, 0.15) is 5.75 Å². The van der Waals surface area contributed by atoms with Gasteiger partial charge >= 0.3 is 5.97 Å². The summed E-state index contributed by atoms with van der Waals surface area (Å²) in [4.78, 5) is 22.1. The molecule has 0 fully saturated rings. The summed E-state index contributed by atoms with van der Waals surface area (Å²) in [6, 6.07) is 4.95. The van der Waals surface area contributed by atoms with Gasteiger partial charge in [0, 0.05) is 23.6 Å². The normalized spacial score (nSPS) is 11.8. The highest BCUT2D eigenvalue weighted by Gasteiger charge is 2.14. The number of benzene rings is 1. The second-order valence-corrected chi connectivity index (χ2v) is 4.56. The first-order chi connectivity index (χ1) is 9.43. The Morgan fingerprint density at radius 3 is 2.75 bits per heavy atom. The molecule has 3 N–H and O–H groups in total. The first-order valence-corrected chi connectivity index (χ1v) is 6.31. The number of halogens is 1. The number of methoxy groups -OCH3 is 1. The van der Waals surface area contributed by atoms with Crippen molar-refractivity contribution in [1.29, 1.82) is 0 Å². The summed E-state index contributed by atoms with van der Waals surface area (Å²) in [5.41, 5.74) is 0.635. The third-order valence-electron chi connectivity index (χ3n) is 2.62. The summed E-state index contributed by atoms with van der Waals surface area (Å²) >= 11 is 5.85. The summed E-state index contributed by atoms with van der Waals surface area (Å²) in [6.07, 6.45) is -1.46. The van der Waals surface area contributed by atoms with Crippen LogP contribution in [0, 0.1) is 0 Å². The first-order valence-electron chi connectivity index (χ1n) is 5.94. The Bertz CT molecular complexity index is 492. The summed E-state index contributed by atoms with van der Waals surface area (Å²) in [5.74, 6) is -1.06. The van der Waals surface area contributed by atoms with E-state index in [0.29, 0.717) is 16.3 Å². The average Bonchev–Trinajstić information content (AvgIpc) is 2.38. The number of nitrogens with one attached hydrogen (secondary N) is 1. The molecule has 20 heavy (non-hydrogen) atoms. The van der Waals surface area contributed by atoms with Crippen LogP contribution in [0.5, 0.6) is 5.75 Å². The van der Waals surface area contributed by atoms with Crippen LogP contribution in [0.1, 0.15) is 12.0 Å². The number of carbonyl (C=O) groups excluding carboxylic acids is 1. The third-order valence-corrected chi connectivity index (χ3v) is 2.85. The van der Waals surface area contributed by atoms with Gasteiger partial charge in [-0.2, -0.15) is 0 Å². The van der Waals surface area contributed by atoms with E-state index in [2.05, 4.69) is 5.32 Å². The van der Waals surface area contributed by atoms with Gasteiger partial charge in [0.05, 0.1) is 13.5 Å². The molecule has 1 amide bonds. The largest absolute Gasteiger partial charge is 0.496 e. The molecule has 1 aromatic carbocycles. The Morgan fingerprint density at radius 2 is 2.15 bits per heavy atom. The molecule has 1 unspecified atom stereocenters. The van der Waals surface area contributed by atoms with Crippen molar-refractivity contribution < 1.29 is 24.5 Å². The lowest BCUT2D eigenvalue weighted by molar-refractivity contribution is -0.147. The van der Waals surface area contributed by atoms with Crippen LogP contribution in [0.15, 0.2) is 18.2 Å². The Morgan fingerprint density at radius 1 is 1.45 bits per heavy atom.